The van der Waals surface area contributed by atoms with E-state index in [0.717, 1.165) is 25.8 Å². The Morgan fingerprint density at radius 3 is 2.88 bits per heavy atom. The Kier molecular flexibility index (Phi) is 5.34. The van der Waals surface area contributed by atoms with Gasteiger partial charge in [-0.3, -0.25) is 9.48 Å². The minimum atomic E-state index is -0.564. The summed E-state index contributed by atoms with van der Waals surface area (Å²) in [5, 5.41) is 13.1. The lowest BCUT2D eigenvalue weighted by Gasteiger charge is -2.37. The number of ether oxygens (including phenoxy) is 1. The summed E-state index contributed by atoms with van der Waals surface area (Å²) in [5.41, 5.74) is 0.571. The van der Waals surface area contributed by atoms with Crippen LogP contribution in [0.25, 0.3) is 0 Å². The third-order valence-electron chi connectivity index (χ3n) is 4.51. The van der Waals surface area contributed by atoms with Crippen LogP contribution in [0, 0.1) is 11.3 Å². The highest BCUT2D eigenvalue weighted by Gasteiger charge is 2.30. The highest BCUT2D eigenvalue weighted by atomic mass is 16.5. The van der Waals surface area contributed by atoms with E-state index in [9.17, 15) is 4.79 Å². The van der Waals surface area contributed by atoms with Crippen molar-refractivity contribution in [1.29, 1.82) is 5.26 Å². The Bertz CT molecular complexity index is 734. The van der Waals surface area contributed by atoms with Crippen LogP contribution in [-0.2, 0) is 11.3 Å². The van der Waals surface area contributed by atoms with Crippen LogP contribution in [0.5, 0.6) is 5.75 Å². The van der Waals surface area contributed by atoms with E-state index in [1.54, 1.807) is 37.4 Å². The summed E-state index contributed by atoms with van der Waals surface area (Å²) in [6.45, 7) is 3.24. The molecular weight excluding hydrogens is 316 g/mol. The van der Waals surface area contributed by atoms with E-state index in [1.807, 2.05) is 21.8 Å². The smallest absolute Gasteiger partial charge is 0.263 e. The molecule has 0 N–H and O–H groups in total. The van der Waals surface area contributed by atoms with E-state index in [-0.39, 0.29) is 11.9 Å². The molecule has 130 valence electrons. The van der Waals surface area contributed by atoms with E-state index >= 15 is 0 Å². The number of nitrogens with zero attached hydrogens (tertiary/aromatic N) is 4. The highest BCUT2D eigenvalue weighted by Crippen LogP contribution is 2.21. The van der Waals surface area contributed by atoms with Gasteiger partial charge in [-0.05, 0) is 56.5 Å². The van der Waals surface area contributed by atoms with Crippen molar-refractivity contribution < 1.29 is 9.53 Å². The molecule has 6 heteroatoms. The lowest BCUT2D eigenvalue weighted by molar-refractivity contribution is -0.142. The first-order valence-corrected chi connectivity index (χ1v) is 8.62. The fourth-order valence-electron chi connectivity index (χ4n) is 3.20. The number of hydrogen-bond acceptors (Lipinski definition) is 4. The monoisotopic (exact) mass is 338 g/mol. The van der Waals surface area contributed by atoms with Gasteiger partial charge in [-0.2, -0.15) is 10.4 Å². The van der Waals surface area contributed by atoms with Crippen molar-refractivity contribution in [2.75, 3.05) is 6.54 Å². The zero-order valence-corrected chi connectivity index (χ0v) is 14.3. The minimum absolute atomic E-state index is 0.00113. The lowest BCUT2D eigenvalue weighted by atomic mass is 10.0. The van der Waals surface area contributed by atoms with Crippen molar-refractivity contribution in [1.82, 2.24) is 14.7 Å². The van der Waals surface area contributed by atoms with E-state index in [0.29, 0.717) is 17.9 Å². The zero-order valence-electron chi connectivity index (χ0n) is 14.3. The van der Waals surface area contributed by atoms with Gasteiger partial charge >= 0.3 is 0 Å². The van der Waals surface area contributed by atoms with Crippen molar-refractivity contribution >= 4 is 5.91 Å². The minimum Gasteiger partial charge on any atom is -0.481 e. The van der Waals surface area contributed by atoms with Crippen LogP contribution >= 0.6 is 0 Å². The Labute approximate surface area is 147 Å². The summed E-state index contributed by atoms with van der Waals surface area (Å²) in [6.07, 6.45) is 6.24. The number of piperidine rings is 1. The maximum atomic E-state index is 12.9. The van der Waals surface area contributed by atoms with Crippen LogP contribution in [0.2, 0.25) is 0 Å². The molecule has 1 aliphatic heterocycles. The van der Waals surface area contributed by atoms with Gasteiger partial charge < -0.3 is 9.64 Å². The average molecular weight is 338 g/mol. The van der Waals surface area contributed by atoms with Gasteiger partial charge in [0.2, 0.25) is 0 Å². The average Bonchev–Trinajstić information content (AvgIpc) is 3.15. The number of nitriles is 1. The Hall–Kier alpha value is -2.81. The SMILES string of the molecule is C[C@@H](Oc1ccc(C#N)cc1)C(=O)N1CCCC[C@H]1Cn1cccn1. The molecule has 0 saturated carbocycles. The molecule has 0 spiro atoms. The van der Waals surface area contributed by atoms with Crippen LogP contribution in [0.4, 0.5) is 0 Å². The summed E-state index contributed by atoms with van der Waals surface area (Å²) in [5.74, 6) is 0.599. The Balaban J connectivity index is 1.65. The quantitative estimate of drug-likeness (QED) is 0.840. The van der Waals surface area contributed by atoms with Crippen molar-refractivity contribution in [3.63, 3.8) is 0 Å². The zero-order chi connectivity index (χ0) is 17.6. The fraction of sp³-hybridized carbons (Fsp3) is 0.421. The molecule has 1 saturated heterocycles. The molecule has 0 radical (unpaired) electrons. The van der Waals surface area contributed by atoms with Crippen LogP contribution in [0.15, 0.2) is 42.7 Å². The summed E-state index contributed by atoms with van der Waals surface area (Å²) in [6, 6.07) is 10.9. The van der Waals surface area contributed by atoms with E-state index < -0.39 is 6.10 Å². The van der Waals surface area contributed by atoms with Crippen LogP contribution in [0.1, 0.15) is 31.7 Å². The standard InChI is InChI=1S/C19H22N4O2/c1-15(25-18-8-6-16(13-20)7-9-18)19(24)23-12-3-2-5-17(23)14-22-11-4-10-21-22/h4,6-11,15,17H,2-3,5,12,14H2,1H3/t15-,17+/m1/s1. The predicted molar refractivity (Wildman–Crippen MR) is 92.8 cm³/mol. The Morgan fingerprint density at radius 1 is 1.40 bits per heavy atom. The second kappa shape index (κ2) is 7.84. The topological polar surface area (TPSA) is 71.2 Å². The van der Waals surface area contributed by atoms with Gasteiger partial charge in [0.1, 0.15) is 5.75 Å². The van der Waals surface area contributed by atoms with E-state index in [2.05, 4.69) is 11.2 Å². The summed E-state index contributed by atoms with van der Waals surface area (Å²) < 4.78 is 7.67. The maximum absolute atomic E-state index is 12.9. The second-order valence-electron chi connectivity index (χ2n) is 6.31. The van der Waals surface area contributed by atoms with Gasteiger partial charge in [0.15, 0.2) is 6.10 Å². The lowest BCUT2D eigenvalue weighted by Crippen LogP contribution is -2.50. The van der Waals surface area contributed by atoms with Crippen molar-refractivity contribution in [3.8, 4) is 11.8 Å². The van der Waals surface area contributed by atoms with Crippen LogP contribution < -0.4 is 4.74 Å². The number of rotatable bonds is 5. The number of aromatic nitrogens is 2. The molecule has 25 heavy (non-hydrogen) atoms. The molecule has 1 aromatic carbocycles. The first-order chi connectivity index (χ1) is 12.2. The molecule has 2 aromatic rings. The van der Waals surface area contributed by atoms with E-state index in [4.69, 9.17) is 10.00 Å². The molecule has 6 nitrogen and oxygen atoms in total. The summed E-state index contributed by atoms with van der Waals surface area (Å²) >= 11 is 0. The fourth-order valence-corrected chi connectivity index (χ4v) is 3.20. The van der Waals surface area contributed by atoms with E-state index in [1.165, 1.54) is 0 Å². The number of amides is 1. The number of hydrogen-bond donors (Lipinski definition) is 0. The van der Waals surface area contributed by atoms with Crippen molar-refractivity contribution in [2.24, 2.45) is 0 Å². The van der Waals surface area contributed by atoms with Gasteiger partial charge in [-0.25, -0.2) is 0 Å². The normalized spacial score (nSPS) is 18.4. The largest absolute Gasteiger partial charge is 0.481 e. The molecule has 2 heterocycles. The number of likely N-dealkylation sites (tertiary alicyclic amines) is 1. The van der Waals surface area contributed by atoms with Gasteiger partial charge in [0.05, 0.1) is 24.2 Å². The molecule has 0 aliphatic carbocycles. The molecule has 1 amide bonds. The maximum Gasteiger partial charge on any atom is 0.263 e. The Morgan fingerprint density at radius 2 is 2.20 bits per heavy atom. The molecule has 1 aliphatic rings. The third-order valence-corrected chi connectivity index (χ3v) is 4.51. The van der Waals surface area contributed by atoms with Crippen LogP contribution in [0.3, 0.4) is 0 Å². The third kappa shape index (κ3) is 4.18. The van der Waals surface area contributed by atoms with Gasteiger partial charge in [-0.1, -0.05) is 0 Å². The number of benzene rings is 1. The molecule has 0 bridgehead atoms. The summed E-state index contributed by atoms with van der Waals surface area (Å²) in [4.78, 5) is 14.8. The number of carbonyl (C=O) groups is 1. The predicted octanol–water partition coefficient (Wildman–Crippen LogP) is 2.60. The van der Waals surface area contributed by atoms with Crippen LogP contribution in [-0.4, -0.2) is 39.3 Å². The molecule has 1 aromatic heterocycles. The van der Waals surface area contributed by atoms with Gasteiger partial charge in [0.25, 0.3) is 5.91 Å². The summed E-state index contributed by atoms with van der Waals surface area (Å²) in [7, 11) is 0. The number of carbonyl (C=O) groups excluding carboxylic acids is 1. The van der Waals surface area contributed by atoms with Gasteiger partial charge in [-0.15, -0.1) is 0 Å². The molecular formula is C19H22N4O2. The first kappa shape index (κ1) is 17.0. The first-order valence-electron chi connectivity index (χ1n) is 8.62. The molecule has 0 unspecified atom stereocenters. The molecule has 2 atom stereocenters. The van der Waals surface area contributed by atoms with Gasteiger partial charge in [0, 0.05) is 18.9 Å². The molecule has 3 rings (SSSR count). The second-order valence-corrected chi connectivity index (χ2v) is 6.31. The molecule has 1 fully saturated rings. The highest BCUT2D eigenvalue weighted by molar-refractivity contribution is 5.81. The van der Waals surface area contributed by atoms with Crippen molar-refractivity contribution in [3.05, 3.63) is 48.3 Å². The van der Waals surface area contributed by atoms with Crippen molar-refractivity contribution in [2.45, 2.75) is 44.9 Å².